The molecule has 0 bridgehead atoms. The van der Waals surface area contributed by atoms with Gasteiger partial charge in [-0.05, 0) is 50.2 Å². The first-order valence-electron chi connectivity index (χ1n) is 7.36. The molecule has 0 saturated heterocycles. The first-order chi connectivity index (χ1) is 9.65. The van der Waals surface area contributed by atoms with Crippen molar-refractivity contribution in [3.63, 3.8) is 0 Å². The average Bonchev–Trinajstić information content (AvgIpc) is 2.47. The minimum absolute atomic E-state index is 0.116. The zero-order chi connectivity index (χ0) is 14.4. The molecule has 1 aliphatic carbocycles. The van der Waals surface area contributed by atoms with Crippen molar-refractivity contribution in [2.75, 3.05) is 0 Å². The summed E-state index contributed by atoms with van der Waals surface area (Å²) in [6, 6.07) is 5.62. The van der Waals surface area contributed by atoms with Crippen molar-refractivity contribution < 1.29 is 9.53 Å². The smallest absolute Gasteiger partial charge is 0.306 e. The molecule has 3 nitrogen and oxygen atoms in total. The van der Waals surface area contributed by atoms with Crippen LogP contribution in [-0.2, 0) is 16.1 Å². The highest BCUT2D eigenvalue weighted by Crippen LogP contribution is 2.30. The molecule has 1 unspecified atom stereocenters. The standard InChI is InChI=1S/C17H23NO2/c1-13-6-8-15(9-7-13)14(2)11-17(19)20-12-16-5-3-4-10-18-16/h3-6,10,14-15H,7-9,11-12H2,1-2H3/t14?,15-/m1/s1. The zero-order valence-corrected chi connectivity index (χ0v) is 12.3. The average molecular weight is 273 g/mol. The van der Waals surface area contributed by atoms with Crippen LogP contribution in [0.25, 0.3) is 0 Å². The molecule has 20 heavy (non-hydrogen) atoms. The SMILES string of the molecule is CC1=CC[C@@H](C(C)CC(=O)OCc2ccccn2)CC1. The van der Waals surface area contributed by atoms with Gasteiger partial charge in [-0.1, -0.05) is 24.6 Å². The molecular weight excluding hydrogens is 250 g/mol. The third-order valence-electron chi connectivity index (χ3n) is 4.08. The van der Waals surface area contributed by atoms with E-state index in [1.165, 1.54) is 12.0 Å². The Bertz CT molecular complexity index is 467. The Hall–Kier alpha value is -1.64. The number of nitrogens with zero attached hydrogens (tertiary/aromatic N) is 1. The van der Waals surface area contributed by atoms with Crippen molar-refractivity contribution in [3.8, 4) is 0 Å². The van der Waals surface area contributed by atoms with Gasteiger partial charge in [0.2, 0.25) is 0 Å². The minimum Gasteiger partial charge on any atom is -0.459 e. The summed E-state index contributed by atoms with van der Waals surface area (Å²) in [6.45, 7) is 4.61. The molecule has 108 valence electrons. The number of rotatable bonds is 5. The predicted molar refractivity (Wildman–Crippen MR) is 78.9 cm³/mol. The molecule has 0 aliphatic heterocycles. The van der Waals surface area contributed by atoms with Crippen molar-refractivity contribution in [1.29, 1.82) is 0 Å². The summed E-state index contributed by atoms with van der Waals surface area (Å²) in [4.78, 5) is 16.0. The number of esters is 1. The molecule has 0 radical (unpaired) electrons. The Kier molecular flexibility index (Phi) is 5.33. The van der Waals surface area contributed by atoms with Crippen molar-refractivity contribution in [2.45, 2.75) is 46.1 Å². The third-order valence-corrected chi connectivity index (χ3v) is 4.08. The maximum atomic E-state index is 11.9. The lowest BCUT2D eigenvalue weighted by Crippen LogP contribution is -2.19. The maximum absolute atomic E-state index is 11.9. The molecule has 2 atom stereocenters. The van der Waals surface area contributed by atoms with Gasteiger partial charge >= 0.3 is 5.97 Å². The van der Waals surface area contributed by atoms with Crippen LogP contribution in [0.1, 0.15) is 45.2 Å². The van der Waals surface area contributed by atoms with E-state index in [9.17, 15) is 4.79 Å². The fourth-order valence-corrected chi connectivity index (χ4v) is 2.63. The number of aromatic nitrogens is 1. The van der Waals surface area contributed by atoms with Gasteiger partial charge < -0.3 is 4.74 Å². The Labute approximate surface area is 121 Å². The number of ether oxygens (including phenoxy) is 1. The summed E-state index contributed by atoms with van der Waals surface area (Å²) >= 11 is 0. The minimum atomic E-state index is -0.116. The summed E-state index contributed by atoms with van der Waals surface area (Å²) in [5, 5.41) is 0. The van der Waals surface area contributed by atoms with E-state index >= 15 is 0 Å². The van der Waals surface area contributed by atoms with Gasteiger partial charge in [-0.3, -0.25) is 9.78 Å². The van der Waals surface area contributed by atoms with Gasteiger partial charge in [-0.25, -0.2) is 0 Å². The Balaban J connectivity index is 1.74. The molecule has 1 aromatic heterocycles. The van der Waals surface area contributed by atoms with Gasteiger partial charge in [0.25, 0.3) is 0 Å². The van der Waals surface area contributed by atoms with E-state index in [-0.39, 0.29) is 12.6 Å². The fourth-order valence-electron chi connectivity index (χ4n) is 2.63. The van der Waals surface area contributed by atoms with Gasteiger partial charge in [0.05, 0.1) is 5.69 Å². The lowest BCUT2D eigenvalue weighted by molar-refractivity contribution is -0.146. The monoisotopic (exact) mass is 273 g/mol. The molecule has 0 amide bonds. The Morgan fingerprint density at radius 1 is 1.50 bits per heavy atom. The largest absolute Gasteiger partial charge is 0.459 e. The van der Waals surface area contributed by atoms with E-state index < -0.39 is 0 Å². The molecule has 2 rings (SSSR count). The number of hydrogen-bond donors (Lipinski definition) is 0. The molecule has 0 N–H and O–H groups in total. The van der Waals surface area contributed by atoms with E-state index in [0.717, 1.165) is 18.5 Å². The Morgan fingerprint density at radius 2 is 2.35 bits per heavy atom. The van der Waals surface area contributed by atoms with Crippen LogP contribution in [0.5, 0.6) is 0 Å². The lowest BCUT2D eigenvalue weighted by atomic mass is 9.80. The van der Waals surface area contributed by atoms with E-state index in [2.05, 4.69) is 24.9 Å². The predicted octanol–water partition coefficient (Wildman–Crippen LogP) is 3.90. The molecule has 0 spiro atoms. The highest BCUT2D eigenvalue weighted by molar-refractivity contribution is 5.69. The van der Waals surface area contributed by atoms with Crippen LogP contribution in [0, 0.1) is 11.8 Å². The van der Waals surface area contributed by atoms with E-state index in [1.807, 2.05) is 18.2 Å². The van der Waals surface area contributed by atoms with Crippen molar-refractivity contribution >= 4 is 5.97 Å². The van der Waals surface area contributed by atoms with Crippen LogP contribution in [0.4, 0.5) is 0 Å². The molecule has 3 heteroatoms. The second kappa shape index (κ2) is 7.22. The van der Waals surface area contributed by atoms with Crippen molar-refractivity contribution in [3.05, 3.63) is 41.7 Å². The van der Waals surface area contributed by atoms with Gasteiger partial charge in [0.15, 0.2) is 0 Å². The highest BCUT2D eigenvalue weighted by atomic mass is 16.5. The number of hydrogen-bond acceptors (Lipinski definition) is 3. The van der Waals surface area contributed by atoms with Crippen molar-refractivity contribution in [1.82, 2.24) is 4.98 Å². The second-order valence-corrected chi connectivity index (χ2v) is 5.75. The highest BCUT2D eigenvalue weighted by Gasteiger charge is 2.22. The first-order valence-corrected chi connectivity index (χ1v) is 7.36. The number of pyridine rings is 1. The first kappa shape index (κ1) is 14.8. The van der Waals surface area contributed by atoms with Crippen LogP contribution in [-0.4, -0.2) is 11.0 Å². The fraction of sp³-hybridized carbons (Fsp3) is 0.529. The molecule has 1 aliphatic rings. The molecule has 0 saturated carbocycles. The van der Waals surface area contributed by atoms with Gasteiger partial charge in [0.1, 0.15) is 6.61 Å². The second-order valence-electron chi connectivity index (χ2n) is 5.75. The summed E-state index contributed by atoms with van der Waals surface area (Å²) in [5.41, 5.74) is 2.27. The van der Waals surface area contributed by atoms with Crippen LogP contribution < -0.4 is 0 Å². The number of carbonyl (C=O) groups is 1. The van der Waals surface area contributed by atoms with Gasteiger partial charge in [-0.2, -0.15) is 0 Å². The van der Waals surface area contributed by atoms with E-state index in [4.69, 9.17) is 4.74 Å². The third kappa shape index (κ3) is 4.48. The van der Waals surface area contributed by atoms with Crippen LogP contribution in [0.3, 0.4) is 0 Å². The topological polar surface area (TPSA) is 39.2 Å². The van der Waals surface area contributed by atoms with Gasteiger partial charge in [0, 0.05) is 12.6 Å². The summed E-state index contributed by atoms with van der Waals surface area (Å²) in [5.74, 6) is 0.881. The van der Waals surface area contributed by atoms with Crippen LogP contribution >= 0.6 is 0 Å². The maximum Gasteiger partial charge on any atom is 0.306 e. The molecule has 0 aromatic carbocycles. The zero-order valence-electron chi connectivity index (χ0n) is 12.3. The lowest BCUT2D eigenvalue weighted by Gasteiger charge is -2.25. The van der Waals surface area contributed by atoms with Crippen LogP contribution in [0.2, 0.25) is 0 Å². The van der Waals surface area contributed by atoms with Crippen molar-refractivity contribution in [2.24, 2.45) is 11.8 Å². The van der Waals surface area contributed by atoms with Gasteiger partial charge in [-0.15, -0.1) is 0 Å². The molecule has 1 heterocycles. The van der Waals surface area contributed by atoms with Crippen LogP contribution in [0.15, 0.2) is 36.0 Å². The summed E-state index contributed by atoms with van der Waals surface area (Å²) in [6.07, 6.45) is 7.98. The molecule has 0 fully saturated rings. The number of allylic oxidation sites excluding steroid dienone is 2. The van der Waals surface area contributed by atoms with E-state index in [0.29, 0.717) is 18.3 Å². The molecular formula is C17H23NO2. The summed E-state index contributed by atoms with van der Waals surface area (Å²) in [7, 11) is 0. The normalized spacial score (nSPS) is 20.1. The van der Waals surface area contributed by atoms with E-state index in [1.54, 1.807) is 6.20 Å². The number of carbonyl (C=O) groups excluding carboxylic acids is 1. The quantitative estimate of drug-likeness (QED) is 0.603. The summed E-state index contributed by atoms with van der Waals surface area (Å²) < 4.78 is 5.29. The molecule has 1 aromatic rings. The Morgan fingerprint density at radius 3 is 3.00 bits per heavy atom.